The third-order valence-corrected chi connectivity index (χ3v) is 6.26. The molecule has 0 bridgehead atoms. The Morgan fingerprint density at radius 2 is 1.71 bits per heavy atom. The van der Waals surface area contributed by atoms with Crippen molar-refractivity contribution in [3.8, 4) is 0 Å². The average Bonchev–Trinajstić information content (AvgIpc) is 3.06. The zero-order chi connectivity index (χ0) is 19.4. The minimum absolute atomic E-state index is 0. The first-order valence-corrected chi connectivity index (χ1v) is 10.6. The van der Waals surface area contributed by atoms with Crippen LogP contribution in [0.15, 0.2) is 24.3 Å². The molecular weight excluding hydrogens is 372 g/mol. The van der Waals surface area contributed by atoms with Gasteiger partial charge in [0.15, 0.2) is 5.78 Å². The zero-order valence-corrected chi connectivity index (χ0v) is 18.0. The number of halogens is 1. The Morgan fingerprint density at radius 3 is 2.25 bits per heavy atom. The number of Topliss-reactive ketones (excluding diaryl/α,β-unsaturated/α-hetero) is 1. The molecule has 2 atom stereocenters. The van der Waals surface area contributed by atoms with Crippen molar-refractivity contribution in [3.05, 3.63) is 35.4 Å². The van der Waals surface area contributed by atoms with Crippen molar-refractivity contribution in [1.29, 1.82) is 0 Å². The van der Waals surface area contributed by atoms with E-state index in [1.54, 1.807) is 0 Å². The maximum Gasteiger partial charge on any atom is 0.222 e. The predicted molar refractivity (Wildman–Crippen MR) is 116 cm³/mol. The maximum atomic E-state index is 12.8. The van der Waals surface area contributed by atoms with E-state index < -0.39 is 0 Å². The lowest BCUT2D eigenvalue weighted by molar-refractivity contribution is -0.133. The van der Waals surface area contributed by atoms with E-state index in [4.69, 9.17) is 5.73 Å². The third-order valence-electron chi connectivity index (χ3n) is 6.26. The number of piperidine rings is 1. The van der Waals surface area contributed by atoms with E-state index in [1.807, 2.05) is 17.0 Å². The van der Waals surface area contributed by atoms with Gasteiger partial charge in [0, 0.05) is 37.0 Å². The van der Waals surface area contributed by atoms with Crippen LogP contribution in [-0.2, 0) is 11.2 Å². The molecule has 1 aliphatic heterocycles. The number of carbonyl (C=O) groups is 2. The number of rotatable bonds is 6. The molecule has 4 nitrogen and oxygen atoms in total. The second-order valence-electron chi connectivity index (χ2n) is 8.87. The molecule has 1 aromatic carbocycles. The van der Waals surface area contributed by atoms with Crippen molar-refractivity contribution in [3.63, 3.8) is 0 Å². The molecule has 0 spiro atoms. The molecule has 1 saturated carbocycles. The molecule has 0 radical (unpaired) electrons. The highest BCUT2D eigenvalue weighted by molar-refractivity contribution is 5.98. The Labute approximate surface area is 175 Å². The molecule has 1 aliphatic carbocycles. The SMILES string of the molecule is CC(C)Cc1ccc(C(=O)C2CCN(C(=O)C[C@@H]3CCC[C@H]3N)CC2)cc1.Cl. The van der Waals surface area contributed by atoms with Crippen LogP contribution in [0.5, 0.6) is 0 Å². The van der Waals surface area contributed by atoms with E-state index >= 15 is 0 Å². The Balaban J connectivity index is 0.00000280. The van der Waals surface area contributed by atoms with Crippen molar-refractivity contribution in [2.24, 2.45) is 23.5 Å². The summed E-state index contributed by atoms with van der Waals surface area (Å²) in [6.07, 6.45) is 6.44. The Hall–Kier alpha value is -1.39. The molecule has 0 unspecified atom stereocenters. The number of hydrogen-bond acceptors (Lipinski definition) is 3. The first-order valence-electron chi connectivity index (χ1n) is 10.6. The molecule has 2 fully saturated rings. The van der Waals surface area contributed by atoms with Gasteiger partial charge in [-0.1, -0.05) is 44.5 Å². The van der Waals surface area contributed by atoms with Crippen molar-refractivity contribution < 1.29 is 9.59 Å². The lowest BCUT2D eigenvalue weighted by atomic mass is 9.88. The molecule has 1 amide bonds. The van der Waals surface area contributed by atoms with E-state index in [0.717, 1.165) is 44.1 Å². The maximum absolute atomic E-state index is 12.8. The van der Waals surface area contributed by atoms with Crippen LogP contribution in [0, 0.1) is 17.8 Å². The molecule has 0 aromatic heterocycles. The number of amides is 1. The number of hydrogen-bond donors (Lipinski definition) is 1. The number of nitrogens with two attached hydrogens (primary N) is 1. The van der Waals surface area contributed by atoms with E-state index in [-0.39, 0.29) is 36.1 Å². The minimum atomic E-state index is 0. The number of carbonyl (C=O) groups excluding carboxylic acids is 2. The number of ketones is 1. The van der Waals surface area contributed by atoms with Gasteiger partial charge in [-0.3, -0.25) is 9.59 Å². The average molecular weight is 407 g/mol. The number of likely N-dealkylation sites (tertiary alicyclic amines) is 1. The highest BCUT2D eigenvalue weighted by Gasteiger charge is 2.31. The van der Waals surface area contributed by atoms with Crippen molar-refractivity contribution >= 4 is 24.1 Å². The van der Waals surface area contributed by atoms with Gasteiger partial charge in [-0.2, -0.15) is 0 Å². The quantitative estimate of drug-likeness (QED) is 0.718. The summed E-state index contributed by atoms with van der Waals surface area (Å²) in [6, 6.07) is 8.29. The first kappa shape index (κ1) is 22.9. The van der Waals surface area contributed by atoms with Gasteiger partial charge in [-0.15, -0.1) is 12.4 Å². The van der Waals surface area contributed by atoms with Crippen molar-refractivity contribution in [1.82, 2.24) is 4.90 Å². The number of benzene rings is 1. The molecular formula is C23H35ClN2O2. The number of nitrogens with zero attached hydrogens (tertiary/aromatic N) is 1. The van der Waals surface area contributed by atoms with E-state index in [1.165, 1.54) is 5.56 Å². The fraction of sp³-hybridized carbons (Fsp3) is 0.652. The second kappa shape index (κ2) is 10.4. The summed E-state index contributed by atoms with van der Waals surface area (Å²) in [5, 5.41) is 0. The minimum Gasteiger partial charge on any atom is -0.343 e. The van der Waals surface area contributed by atoms with Crippen molar-refractivity contribution in [2.75, 3.05) is 13.1 Å². The van der Waals surface area contributed by atoms with E-state index in [2.05, 4.69) is 26.0 Å². The van der Waals surface area contributed by atoms with Gasteiger partial charge in [0.2, 0.25) is 5.91 Å². The Kier molecular flexibility index (Phi) is 8.51. The molecule has 1 saturated heterocycles. The largest absolute Gasteiger partial charge is 0.343 e. The topological polar surface area (TPSA) is 63.4 Å². The molecule has 5 heteroatoms. The fourth-order valence-corrected chi connectivity index (χ4v) is 4.58. The van der Waals surface area contributed by atoms with Crippen molar-refractivity contribution in [2.45, 2.75) is 64.8 Å². The normalized spacial score (nSPS) is 22.9. The summed E-state index contributed by atoms with van der Waals surface area (Å²) in [7, 11) is 0. The van der Waals surface area contributed by atoms with Gasteiger partial charge in [0.25, 0.3) is 0 Å². The molecule has 1 heterocycles. The van der Waals surface area contributed by atoms with Crippen LogP contribution in [0.1, 0.15) is 68.3 Å². The van der Waals surface area contributed by atoms with Gasteiger partial charge in [0.1, 0.15) is 0 Å². The van der Waals surface area contributed by atoms with Crippen LogP contribution in [0.25, 0.3) is 0 Å². The van der Waals surface area contributed by atoms with Gasteiger partial charge < -0.3 is 10.6 Å². The lowest BCUT2D eigenvalue weighted by Crippen LogP contribution is -2.41. The van der Waals surface area contributed by atoms with Gasteiger partial charge in [0.05, 0.1) is 0 Å². The molecule has 2 N–H and O–H groups in total. The summed E-state index contributed by atoms with van der Waals surface area (Å²) in [5.74, 6) is 1.46. The van der Waals surface area contributed by atoms with Crippen LogP contribution in [0.4, 0.5) is 0 Å². The molecule has 28 heavy (non-hydrogen) atoms. The van der Waals surface area contributed by atoms with Gasteiger partial charge in [-0.25, -0.2) is 0 Å². The Morgan fingerprint density at radius 1 is 1.07 bits per heavy atom. The third kappa shape index (κ3) is 5.81. The summed E-state index contributed by atoms with van der Waals surface area (Å²) in [4.78, 5) is 27.3. The summed E-state index contributed by atoms with van der Waals surface area (Å²) in [6.45, 7) is 5.80. The Bertz CT molecular complexity index is 651. The lowest BCUT2D eigenvalue weighted by Gasteiger charge is -2.32. The van der Waals surface area contributed by atoms with Gasteiger partial charge in [-0.05, 0) is 49.5 Å². The van der Waals surface area contributed by atoms with E-state index in [0.29, 0.717) is 31.3 Å². The summed E-state index contributed by atoms with van der Waals surface area (Å²) in [5.41, 5.74) is 8.20. The first-order chi connectivity index (χ1) is 12.9. The molecule has 1 aromatic rings. The second-order valence-corrected chi connectivity index (χ2v) is 8.87. The molecule has 156 valence electrons. The fourth-order valence-electron chi connectivity index (χ4n) is 4.58. The predicted octanol–water partition coefficient (Wildman–Crippen LogP) is 4.25. The van der Waals surface area contributed by atoms with E-state index in [9.17, 15) is 9.59 Å². The monoisotopic (exact) mass is 406 g/mol. The van der Waals surface area contributed by atoms with Gasteiger partial charge >= 0.3 is 0 Å². The summed E-state index contributed by atoms with van der Waals surface area (Å²) >= 11 is 0. The zero-order valence-electron chi connectivity index (χ0n) is 17.2. The standard InChI is InChI=1S/C23H34N2O2.ClH/c1-16(2)14-17-6-8-18(9-7-17)23(27)19-10-12-25(13-11-19)22(26)15-20-4-3-5-21(20)24;/h6-9,16,19-21H,3-5,10-15,24H2,1-2H3;1H/t20-,21+;/m0./s1. The smallest absolute Gasteiger partial charge is 0.222 e. The van der Waals surface area contributed by atoms with Crippen LogP contribution >= 0.6 is 12.4 Å². The molecule has 3 rings (SSSR count). The van der Waals surface area contributed by atoms with Crippen LogP contribution in [0.2, 0.25) is 0 Å². The van der Waals surface area contributed by atoms with Crippen LogP contribution < -0.4 is 5.73 Å². The summed E-state index contributed by atoms with van der Waals surface area (Å²) < 4.78 is 0. The highest BCUT2D eigenvalue weighted by atomic mass is 35.5. The highest BCUT2D eigenvalue weighted by Crippen LogP contribution is 2.29. The molecule has 2 aliphatic rings. The van der Waals surface area contributed by atoms with Crippen LogP contribution in [-0.4, -0.2) is 35.7 Å². The van der Waals surface area contributed by atoms with Crippen LogP contribution in [0.3, 0.4) is 0 Å².